The average Bonchev–Trinajstić information content (AvgIpc) is 3.24. The van der Waals surface area contributed by atoms with Gasteiger partial charge in [-0.2, -0.15) is 9.61 Å². The van der Waals surface area contributed by atoms with E-state index in [9.17, 15) is 0 Å². The van der Waals surface area contributed by atoms with Crippen LogP contribution in [0.15, 0.2) is 60.8 Å². The topological polar surface area (TPSA) is 83.7 Å². The molecular formula is C24H21N5O3. The van der Waals surface area contributed by atoms with Crippen LogP contribution in [0.25, 0.3) is 27.8 Å². The van der Waals surface area contributed by atoms with Crippen molar-refractivity contribution in [1.29, 1.82) is 0 Å². The molecule has 0 bridgehead atoms. The molecule has 2 aromatic carbocycles. The molecule has 0 radical (unpaired) electrons. The number of rotatable bonds is 6. The van der Waals surface area contributed by atoms with Crippen LogP contribution in [-0.2, 0) is 6.61 Å². The zero-order valence-electron chi connectivity index (χ0n) is 17.9. The smallest absolute Gasteiger partial charge is 0.192 e. The fourth-order valence-electron chi connectivity index (χ4n) is 3.61. The average molecular weight is 427 g/mol. The normalized spacial score (nSPS) is 11.1. The van der Waals surface area contributed by atoms with Crippen LogP contribution in [0.1, 0.15) is 11.4 Å². The van der Waals surface area contributed by atoms with Crippen LogP contribution in [0.2, 0.25) is 0 Å². The molecule has 0 saturated carbocycles. The van der Waals surface area contributed by atoms with Gasteiger partial charge in [0.1, 0.15) is 23.9 Å². The highest BCUT2D eigenvalue weighted by Crippen LogP contribution is 2.28. The molecule has 0 unspecified atom stereocenters. The fourth-order valence-corrected chi connectivity index (χ4v) is 3.61. The number of ether oxygens (including phenoxy) is 3. The predicted octanol–water partition coefficient (Wildman–Crippen LogP) is 4.24. The lowest BCUT2D eigenvalue weighted by Gasteiger charge is -2.10. The molecule has 0 aliphatic heterocycles. The highest BCUT2D eigenvalue weighted by Gasteiger charge is 2.12. The minimum absolute atomic E-state index is 0.213. The van der Waals surface area contributed by atoms with Gasteiger partial charge in [0, 0.05) is 23.2 Å². The van der Waals surface area contributed by atoms with Crippen LogP contribution in [0.5, 0.6) is 17.2 Å². The van der Waals surface area contributed by atoms with Crippen LogP contribution < -0.4 is 14.2 Å². The number of aromatic nitrogens is 5. The lowest BCUT2D eigenvalue weighted by atomic mass is 10.1. The van der Waals surface area contributed by atoms with E-state index in [4.69, 9.17) is 19.3 Å². The molecule has 0 fully saturated rings. The monoisotopic (exact) mass is 427 g/mol. The van der Waals surface area contributed by atoms with E-state index in [-0.39, 0.29) is 6.61 Å². The largest absolute Gasteiger partial charge is 0.497 e. The summed E-state index contributed by atoms with van der Waals surface area (Å²) in [7, 11) is 3.30. The number of pyridine rings is 1. The summed E-state index contributed by atoms with van der Waals surface area (Å²) >= 11 is 0. The Morgan fingerprint density at radius 2 is 1.78 bits per heavy atom. The van der Waals surface area contributed by atoms with Gasteiger partial charge in [-0.15, -0.1) is 10.2 Å². The minimum atomic E-state index is 0.213. The Morgan fingerprint density at radius 1 is 0.875 bits per heavy atom. The van der Waals surface area contributed by atoms with Crippen LogP contribution in [-0.4, -0.2) is 39.0 Å². The molecule has 160 valence electrons. The molecule has 0 atom stereocenters. The van der Waals surface area contributed by atoms with E-state index in [0.717, 1.165) is 39.2 Å². The molecule has 5 rings (SSSR count). The van der Waals surface area contributed by atoms with Crippen molar-refractivity contribution >= 4 is 16.6 Å². The van der Waals surface area contributed by atoms with Crippen LogP contribution in [0.4, 0.5) is 0 Å². The molecule has 8 nitrogen and oxygen atoms in total. The highest BCUT2D eigenvalue weighted by molar-refractivity contribution is 5.85. The summed E-state index contributed by atoms with van der Waals surface area (Å²) in [6, 6.07) is 17.3. The van der Waals surface area contributed by atoms with Crippen molar-refractivity contribution in [3.63, 3.8) is 0 Å². The van der Waals surface area contributed by atoms with Gasteiger partial charge in [-0.3, -0.25) is 4.98 Å². The van der Waals surface area contributed by atoms with Crippen molar-refractivity contribution in [2.24, 2.45) is 0 Å². The van der Waals surface area contributed by atoms with Crippen molar-refractivity contribution in [3.8, 4) is 28.5 Å². The van der Waals surface area contributed by atoms with E-state index in [1.54, 1.807) is 24.9 Å². The summed E-state index contributed by atoms with van der Waals surface area (Å²) in [6.45, 7) is 2.22. The van der Waals surface area contributed by atoms with E-state index < -0.39 is 0 Å². The molecule has 0 aliphatic carbocycles. The summed E-state index contributed by atoms with van der Waals surface area (Å²) in [5.41, 5.74) is 4.29. The SMILES string of the molecule is COc1ccc2c(OCc3nnc4ccc(-c5ccc(OC)c(C)c5)nn34)ccnc2c1. The second-order valence-electron chi connectivity index (χ2n) is 7.27. The fraction of sp³-hybridized carbons (Fsp3) is 0.167. The van der Waals surface area contributed by atoms with Crippen molar-refractivity contribution < 1.29 is 14.2 Å². The molecule has 0 N–H and O–H groups in total. The lowest BCUT2D eigenvalue weighted by Crippen LogP contribution is -2.05. The van der Waals surface area contributed by atoms with Gasteiger partial charge in [0.25, 0.3) is 0 Å². The maximum atomic E-state index is 6.08. The summed E-state index contributed by atoms with van der Waals surface area (Å²) in [5.74, 6) is 2.90. The zero-order chi connectivity index (χ0) is 22.1. The third-order valence-corrected chi connectivity index (χ3v) is 5.28. The molecule has 5 aromatic rings. The number of hydrogen-bond acceptors (Lipinski definition) is 7. The number of methoxy groups -OCH3 is 2. The third-order valence-electron chi connectivity index (χ3n) is 5.28. The standard InChI is InChI=1S/C24H21N5O3/c1-15-12-16(4-8-21(15)31-3)19-7-9-23-26-27-24(29(23)28-19)14-32-22-10-11-25-20-13-17(30-2)5-6-18(20)22/h4-13H,14H2,1-3H3. The first-order chi connectivity index (χ1) is 15.7. The summed E-state index contributed by atoms with van der Waals surface area (Å²) in [5, 5.41) is 14.1. The van der Waals surface area contributed by atoms with Crippen LogP contribution in [0.3, 0.4) is 0 Å². The Hall–Kier alpha value is -4.20. The van der Waals surface area contributed by atoms with E-state index in [1.165, 1.54) is 0 Å². The molecule has 0 amide bonds. The zero-order valence-corrected chi connectivity index (χ0v) is 17.9. The number of nitrogens with zero attached hydrogens (tertiary/aromatic N) is 5. The Morgan fingerprint density at radius 3 is 2.59 bits per heavy atom. The molecule has 3 aromatic heterocycles. The van der Waals surface area contributed by atoms with Gasteiger partial charge in [-0.25, -0.2) is 0 Å². The van der Waals surface area contributed by atoms with E-state index >= 15 is 0 Å². The second-order valence-corrected chi connectivity index (χ2v) is 7.27. The first-order valence-electron chi connectivity index (χ1n) is 10.1. The van der Waals surface area contributed by atoms with Crippen molar-refractivity contribution in [2.75, 3.05) is 14.2 Å². The summed E-state index contributed by atoms with van der Waals surface area (Å²) in [6.07, 6.45) is 1.71. The Balaban J connectivity index is 1.45. The number of benzene rings is 2. The van der Waals surface area contributed by atoms with Gasteiger partial charge in [0.2, 0.25) is 0 Å². The van der Waals surface area contributed by atoms with Crippen LogP contribution in [0, 0.1) is 6.92 Å². The molecule has 3 heterocycles. The van der Waals surface area contributed by atoms with Crippen LogP contribution >= 0.6 is 0 Å². The van der Waals surface area contributed by atoms with Crippen molar-refractivity contribution in [2.45, 2.75) is 13.5 Å². The molecular weight excluding hydrogens is 406 g/mol. The molecule has 8 heteroatoms. The highest BCUT2D eigenvalue weighted by atomic mass is 16.5. The predicted molar refractivity (Wildman–Crippen MR) is 120 cm³/mol. The Labute approximate surface area is 184 Å². The Kier molecular flexibility index (Phi) is 5.03. The second kappa shape index (κ2) is 8.14. The Bertz CT molecular complexity index is 1430. The molecule has 0 aliphatic rings. The van der Waals surface area contributed by atoms with E-state index in [1.807, 2.05) is 61.5 Å². The van der Waals surface area contributed by atoms with Gasteiger partial charge >= 0.3 is 0 Å². The number of aryl methyl sites for hydroxylation is 1. The first-order valence-corrected chi connectivity index (χ1v) is 10.1. The number of hydrogen-bond donors (Lipinski definition) is 0. The van der Waals surface area contributed by atoms with Gasteiger partial charge in [0.15, 0.2) is 11.5 Å². The summed E-state index contributed by atoms with van der Waals surface area (Å²) in [4.78, 5) is 4.40. The molecule has 32 heavy (non-hydrogen) atoms. The third kappa shape index (κ3) is 3.56. The quantitative estimate of drug-likeness (QED) is 0.401. The lowest BCUT2D eigenvalue weighted by molar-refractivity contribution is 0.296. The van der Waals surface area contributed by atoms with Gasteiger partial charge in [0.05, 0.1) is 25.4 Å². The molecule has 0 saturated heterocycles. The summed E-state index contributed by atoms with van der Waals surface area (Å²) < 4.78 is 18.4. The first kappa shape index (κ1) is 19.7. The maximum Gasteiger partial charge on any atom is 0.192 e. The maximum absolute atomic E-state index is 6.08. The molecule has 0 spiro atoms. The van der Waals surface area contributed by atoms with Crippen molar-refractivity contribution in [3.05, 3.63) is 72.2 Å². The van der Waals surface area contributed by atoms with E-state index in [0.29, 0.717) is 17.2 Å². The number of fused-ring (bicyclic) bond motifs is 2. The van der Waals surface area contributed by atoms with Gasteiger partial charge in [-0.05, 0) is 61.0 Å². The van der Waals surface area contributed by atoms with Crippen molar-refractivity contribution in [1.82, 2.24) is 24.8 Å². The van der Waals surface area contributed by atoms with E-state index in [2.05, 4.69) is 15.2 Å². The minimum Gasteiger partial charge on any atom is -0.497 e. The van der Waals surface area contributed by atoms with Gasteiger partial charge in [-0.1, -0.05) is 0 Å². The van der Waals surface area contributed by atoms with Gasteiger partial charge < -0.3 is 14.2 Å².